The highest BCUT2D eigenvalue weighted by Crippen LogP contribution is 2.31. The van der Waals surface area contributed by atoms with Gasteiger partial charge in [0.2, 0.25) is 0 Å². The van der Waals surface area contributed by atoms with Crippen LogP contribution in [0.25, 0.3) is 0 Å². The number of nitrogens with zero attached hydrogens (tertiary/aromatic N) is 1. The zero-order valence-corrected chi connectivity index (χ0v) is 13.0. The first-order valence-electron chi connectivity index (χ1n) is 7.11. The van der Waals surface area contributed by atoms with Crippen LogP contribution in [0.5, 0.6) is 0 Å². The van der Waals surface area contributed by atoms with E-state index in [-0.39, 0.29) is 0 Å². The molecular weight excluding hydrogens is 322 g/mol. The van der Waals surface area contributed by atoms with E-state index in [9.17, 15) is 5.11 Å². The van der Waals surface area contributed by atoms with Crippen molar-refractivity contribution in [3.8, 4) is 0 Å². The summed E-state index contributed by atoms with van der Waals surface area (Å²) in [5.41, 5.74) is 0.945. The Bertz CT molecular complexity index is 445. The molecule has 2 saturated heterocycles. The van der Waals surface area contributed by atoms with Gasteiger partial charge in [-0.15, -0.1) is 0 Å². The third-order valence-electron chi connectivity index (χ3n) is 4.00. The second-order valence-electron chi connectivity index (χ2n) is 5.51. The number of likely N-dealkylation sites (tertiary alicyclic amines) is 1. The summed E-state index contributed by atoms with van der Waals surface area (Å²) in [5.74, 6) is -0.419. The van der Waals surface area contributed by atoms with E-state index in [2.05, 4.69) is 20.8 Å². The van der Waals surface area contributed by atoms with Gasteiger partial charge in [0.25, 0.3) is 0 Å². The lowest BCUT2D eigenvalue weighted by Gasteiger charge is -2.39. The molecule has 2 aliphatic rings. The van der Waals surface area contributed by atoms with Crippen molar-refractivity contribution in [1.29, 1.82) is 0 Å². The summed E-state index contributed by atoms with van der Waals surface area (Å²) >= 11 is 3.41. The molecule has 0 aliphatic carbocycles. The predicted octanol–water partition coefficient (Wildman–Crippen LogP) is 2.32. The van der Waals surface area contributed by atoms with Gasteiger partial charge in [-0.2, -0.15) is 0 Å². The fourth-order valence-corrected chi connectivity index (χ4v) is 3.26. The van der Waals surface area contributed by atoms with Crippen molar-refractivity contribution in [1.82, 2.24) is 4.90 Å². The molecule has 0 amide bonds. The number of aliphatic hydroxyl groups excluding tert-OH is 1. The van der Waals surface area contributed by atoms with Gasteiger partial charge in [-0.05, 0) is 30.7 Å². The quantitative estimate of drug-likeness (QED) is 0.916. The van der Waals surface area contributed by atoms with E-state index in [1.807, 2.05) is 24.3 Å². The lowest BCUT2D eigenvalue weighted by atomic mass is 10.0. The third-order valence-corrected chi connectivity index (χ3v) is 4.52. The second kappa shape index (κ2) is 6.12. The zero-order valence-electron chi connectivity index (χ0n) is 11.4. The average molecular weight is 342 g/mol. The van der Waals surface area contributed by atoms with Crippen molar-refractivity contribution >= 4 is 15.9 Å². The van der Waals surface area contributed by atoms with E-state index < -0.39 is 11.9 Å². The van der Waals surface area contributed by atoms with Gasteiger partial charge in [0.15, 0.2) is 5.79 Å². The van der Waals surface area contributed by atoms with Crippen molar-refractivity contribution in [2.75, 3.05) is 32.8 Å². The van der Waals surface area contributed by atoms with Crippen LogP contribution in [0.3, 0.4) is 0 Å². The number of hydrogen-bond donors (Lipinski definition) is 1. The molecule has 0 radical (unpaired) electrons. The molecule has 2 fully saturated rings. The van der Waals surface area contributed by atoms with Crippen LogP contribution in [0.15, 0.2) is 28.7 Å². The van der Waals surface area contributed by atoms with Gasteiger partial charge in [-0.25, -0.2) is 0 Å². The van der Waals surface area contributed by atoms with Gasteiger partial charge >= 0.3 is 0 Å². The number of piperidine rings is 1. The number of aliphatic hydroxyl groups is 1. The van der Waals surface area contributed by atoms with Gasteiger partial charge in [0.1, 0.15) is 0 Å². The molecule has 110 valence electrons. The van der Waals surface area contributed by atoms with E-state index >= 15 is 0 Å². The van der Waals surface area contributed by atoms with E-state index in [0.717, 1.165) is 36.0 Å². The molecule has 20 heavy (non-hydrogen) atoms. The minimum Gasteiger partial charge on any atom is -0.387 e. The van der Waals surface area contributed by atoms with Crippen LogP contribution in [0.4, 0.5) is 0 Å². The van der Waals surface area contributed by atoms with Gasteiger partial charge in [0, 0.05) is 17.4 Å². The molecule has 4 nitrogen and oxygen atoms in total. The van der Waals surface area contributed by atoms with Crippen LogP contribution in [0.1, 0.15) is 24.5 Å². The topological polar surface area (TPSA) is 41.9 Å². The van der Waals surface area contributed by atoms with E-state index in [4.69, 9.17) is 9.47 Å². The summed E-state index contributed by atoms with van der Waals surface area (Å²) in [6.07, 6.45) is 1.53. The molecule has 1 unspecified atom stereocenters. The molecule has 5 heteroatoms. The van der Waals surface area contributed by atoms with Crippen molar-refractivity contribution in [3.05, 3.63) is 34.3 Å². The summed E-state index contributed by atoms with van der Waals surface area (Å²) in [7, 11) is 0. The van der Waals surface area contributed by atoms with Crippen molar-refractivity contribution in [2.45, 2.75) is 24.7 Å². The second-order valence-corrected chi connectivity index (χ2v) is 6.43. The van der Waals surface area contributed by atoms with Gasteiger partial charge in [-0.3, -0.25) is 4.90 Å². The maximum atomic E-state index is 10.4. The Hall–Kier alpha value is -0.460. The number of β-amino-alcohol motifs (C(OH)–C–C–N with tert-alkyl or cyclic N) is 1. The standard InChI is InChI=1S/C15H20BrNO3/c16-13-4-2-12(3-5-13)14(18)10-17-7-1-6-15(11-17)19-8-9-20-15/h2-5,14,18H,1,6-11H2. The SMILES string of the molecule is OC(CN1CCCC2(C1)OCCO2)c1ccc(Br)cc1. The Labute approximate surface area is 127 Å². The molecule has 0 aromatic heterocycles. The highest BCUT2D eigenvalue weighted by atomic mass is 79.9. The number of benzene rings is 1. The van der Waals surface area contributed by atoms with Gasteiger partial charge < -0.3 is 14.6 Å². The summed E-state index contributed by atoms with van der Waals surface area (Å²) < 4.78 is 12.6. The lowest BCUT2D eigenvalue weighted by Crippen LogP contribution is -2.49. The van der Waals surface area contributed by atoms with Crippen molar-refractivity contribution in [2.24, 2.45) is 0 Å². The Kier molecular flexibility index (Phi) is 4.43. The minimum atomic E-state index is -0.473. The third kappa shape index (κ3) is 3.23. The van der Waals surface area contributed by atoms with Gasteiger partial charge in [0.05, 0.1) is 25.9 Å². The molecule has 0 bridgehead atoms. The number of hydrogen-bond acceptors (Lipinski definition) is 4. The van der Waals surface area contributed by atoms with Crippen LogP contribution in [0, 0.1) is 0 Å². The molecular formula is C15H20BrNO3. The van der Waals surface area contributed by atoms with Crippen LogP contribution < -0.4 is 0 Å². The van der Waals surface area contributed by atoms with Crippen LogP contribution in [0.2, 0.25) is 0 Å². The first kappa shape index (κ1) is 14.5. The Morgan fingerprint density at radius 1 is 1.25 bits per heavy atom. The number of halogens is 1. The molecule has 3 rings (SSSR count). The monoisotopic (exact) mass is 341 g/mol. The molecule has 2 heterocycles. The highest BCUT2D eigenvalue weighted by molar-refractivity contribution is 9.10. The Morgan fingerprint density at radius 2 is 1.95 bits per heavy atom. The fraction of sp³-hybridized carbons (Fsp3) is 0.600. The number of ether oxygens (including phenoxy) is 2. The molecule has 0 saturated carbocycles. The minimum absolute atomic E-state index is 0.419. The smallest absolute Gasteiger partial charge is 0.181 e. The summed E-state index contributed by atoms with van der Waals surface area (Å²) in [6.45, 7) is 3.73. The highest BCUT2D eigenvalue weighted by Gasteiger charge is 2.40. The van der Waals surface area contributed by atoms with Gasteiger partial charge in [-0.1, -0.05) is 28.1 Å². The zero-order chi connectivity index (χ0) is 14.0. The van der Waals surface area contributed by atoms with E-state index in [0.29, 0.717) is 19.8 Å². The summed E-state index contributed by atoms with van der Waals surface area (Å²) in [4.78, 5) is 2.24. The van der Waals surface area contributed by atoms with E-state index in [1.54, 1.807) is 0 Å². The van der Waals surface area contributed by atoms with E-state index in [1.165, 1.54) is 0 Å². The maximum absolute atomic E-state index is 10.4. The molecule has 1 atom stereocenters. The van der Waals surface area contributed by atoms with Crippen LogP contribution in [-0.2, 0) is 9.47 Å². The van der Waals surface area contributed by atoms with Crippen molar-refractivity contribution < 1.29 is 14.6 Å². The molecule has 2 aliphatic heterocycles. The molecule has 1 aromatic rings. The van der Waals surface area contributed by atoms with Crippen LogP contribution in [-0.4, -0.2) is 48.6 Å². The predicted molar refractivity (Wildman–Crippen MR) is 79.4 cm³/mol. The number of rotatable bonds is 3. The lowest BCUT2D eigenvalue weighted by molar-refractivity contribution is -0.191. The first-order valence-corrected chi connectivity index (χ1v) is 7.90. The summed E-state index contributed by atoms with van der Waals surface area (Å²) in [5, 5.41) is 10.4. The fourth-order valence-electron chi connectivity index (χ4n) is 2.99. The summed E-state index contributed by atoms with van der Waals surface area (Å²) in [6, 6.07) is 7.83. The molecule has 1 aromatic carbocycles. The first-order chi connectivity index (χ1) is 9.67. The largest absolute Gasteiger partial charge is 0.387 e. The Balaban J connectivity index is 1.60. The van der Waals surface area contributed by atoms with Crippen LogP contribution >= 0.6 is 15.9 Å². The molecule has 1 spiro atoms. The normalized spacial score (nSPS) is 24.1. The average Bonchev–Trinajstić information content (AvgIpc) is 2.87. The maximum Gasteiger partial charge on any atom is 0.181 e. The van der Waals surface area contributed by atoms with Crippen molar-refractivity contribution in [3.63, 3.8) is 0 Å². The Morgan fingerprint density at radius 3 is 2.65 bits per heavy atom. The molecule has 1 N–H and O–H groups in total.